The number of hydrogen-bond acceptors (Lipinski definition) is 10. The van der Waals surface area contributed by atoms with Gasteiger partial charge in [-0.2, -0.15) is 0 Å². The SMILES string of the molecule is COc1cc(C2C(=C(O)c3ccc(OCc4ccccc4C)cc3)C(=O)C(=O)N2c2nnc(SCc3ccccc3Cl)s2)ccc1OCc1ccccc1. The van der Waals surface area contributed by atoms with Crippen molar-refractivity contribution < 1.29 is 28.9 Å². The molecule has 1 aliphatic rings. The zero-order valence-electron chi connectivity index (χ0n) is 29.3. The van der Waals surface area contributed by atoms with Crippen molar-refractivity contribution in [3.63, 3.8) is 0 Å². The Labute approximate surface area is 325 Å². The number of aliphatic hydroxyl groups is 1. The molecule has 1 fully saturated rings. The quantitative estimate of drug-likeness (QED) is 0.0403. The van der Waals surface area contributed by atoms with Crippen LogP contribution in [-0.4, -0.2) is 34.1 Å². The summed E-state index contributed by atoms with van der Waals surface area (Å²) in [5.74, 6) is -0.0769. The first-order chi connectivity index (χ1) is 26.3. The summed E-state index contributed by atoms with van der Waals surface area (Å²) in [5.41, 5.74) is 4.80. The molecule has 1 saturated heterocycles. The van der Waals surface area contributed by atoms with E-state index in [2.05, 4.69) is 10.2 Å². The van der Waals surface area contributed by atoms with Gasteiger partial charge in [0.1, 0.15) is 24.7 Å². The number of thioether (sulfide) groups is 1. The molecule has 7 rings (SSSR count). The minimum absolute atomic E-state index is 0.103. The predicted octanol–water partition coefficient (Wildman–Crippen LogP) is 9.59. The Morgan fingerprint density at radius 2 is 1.56 bits per heavy atom. The van der Waals surface area contributed by atoms with Crippen LogP contribution in [0, 0.1) is 6.92 Å². The number of ether oxygens (including phenoxy) is 3. The average molecular weight is 776 g/mol. The van der Waals surface area contributed by atoms with Crippen molar-refractivity contribution in [2.24, 2.45) is 0 Å². The molecule has 54 heavy (non-hydrogen) atoms. The van der Waals surface area contributed by atoms with Gasteiger partial charge in [-0.3, -0.25) is 14.5 Å². The van der Waals surface area contributed by atoms with E-state index in [1.807, 2.05) is 85.8 Å². The Balaban J connectivity index is 1.22. The molecule has 1 aromatic heterocycles. The molecule has 12 heteroatoms. The lowest BCUT2D eigenvalue weighted by molar-refractivity contribution is -0.132. The Morgan fingerprint density at radius 1 is 0.833 bits per heavy atom. The van der Waals surface area contributed by atoms with E-state index in [-0.39, 0.29) is 16.5 Å². The van der Waals surface area contributed by atoms with Gasteiger partial charge in [0, 0.05) is 16.3 Å². The number of methoxy groups -OCH3 is 1. The van der Waals surface area contributed by atoms with E-state index in [0.29, 0.717) is 56.7 Å². The molecule has 0 bridgehead atoms. The Bertz CT molecular complexity index is 2330. The fourth-order valence-corrected chi connectivity index (χ4v) is 8.12. The smallest absolute Gasteiger partial charge is 0.301 e. The van der Waals surface area contributed by atoms with E-state index in [9.17, 15) is 14.7 Å². The number of Topliss-reactive ketones (excluding diaryl/α,β-unsaturated/α-hetero) is 1. The van der Waals surface area contributed by atoms with Crippen LogP contribution in [0.4, 0.5) is 5.13 Å². The van der Waals surface area contributed by atoms with Crippen LogP contribution in [0.1, 0.15) is 39.4 Å². The number of rotatable bonds is 13. The highest BCUT2D eigenvalue weighted by molar-refractivity contribution is 8.00. The van der Waals surface area contributed by atoms with Crippen molar-refractivity contribution >= 4 is 57.3 Å². The summed E-state index contributed by atoms with van der Waals surface area (Å²) in [6.07, 6.45) is 0. The van der Waals surface area contributed by atoms with E-state index in [4.69, 9.17) is 25.8 Å². The van der Waals surface area contributed by atoms with Crippen molar-refractivity contribution in [1.29, 1.82) is 0 Å². The Hall–Kier alpha value is -5.62. The first-order valence-corrected chi connectivity index (χ1v) is 19.1. The van der Waals surface area contributed by atoms with Crippen LogP contribution < -0.4 is 19.1 Å². The summed E-state index contributed by atoms with van der Waals surface area (Å²) in [7, 11) is 1.52. The summed E-state index contributed by atoms with van der Waals surface area (Å²) in [5, 5.41) is 21.3. The third-order valence-electron chi connectivity index (χ3n) is 8.88. The zero-order chi connectivity index (χ0) is 37.6. The van der Waals surface area contributed by atoms with Crippen LogP contribution in [0.5, 0.6) is 17.2 Å². The second kappa shape index (κ2) is 16.6. The van der Waals surface area contributed by atoms with Crippen LogP contribution in [0.2, 0.25) is 5.02 Å². The molecule has 0 aliphatic carbocycles. The number of carbonyl (C=O) groups excluding carboxylic acids is 2. The maximum absolute atomic E-state index is 13.9. The van der Waals surface area contributed by atoms with Crippen molar-refractivity contribution in [2.45, 2.75) is 36.3 Å². The fourth-order valence-electron chi connectivity index (χ4n) is 5.96. The number of halogens is 1. The molecule has 1 amide bonds. The van der Waals surface area contributed by atoms with Gasteiger partial charge in [0.25, 0.3) is 5.78 Å². The van der Waals surface area contributed by atoms with E-state index >= 15 is 0 Å². The highest BCUT2D eigenvalue weighted by Gasteiger charge is 2.48. The first-order valence-electron chi connectivity index (χ1n) is 16.9. The molecule has 1 atom stereocenters. The van der Waals surface area contributed by atoms with Crippen molar-refractivity contribution in [2.75, 3.05) is 12.0 Å². The van der Waals surface area contributed by atoms with Gasteiger partial charge in [0.2, 0.25) is 5.13 Å². The summed E-state index contributed by atoms with van der Waals surface area (Å²) >= 11 is 8.95. The molecule has 9 nitrogen and oxygen atoms in total. The summed E-state index contributed by atoms with van der Waals surface area (Å²) in [4.78, 5) is 29.1. The minimum Gasteiger partial charge on any atom is -0.507 e. The number of anilines is 1. The van der Waals surface area contributed by atoms with Gasteiger partial charge in [-0.25, -0.2) is 0 Å². The fraction of sp³-hybridized carbons (Fsp3) is 0.143. The molecule has 2 heterocycles. The minimum atomic E-state index is -1.06. The van der Waals surface area contributed by atoms with E-state index in [1.165, 1.54) is 35.1 Å². The van der Waals surface area contributed by atoms with E-state index in [1.54, 1.807) is 42.5 Å². The van der Waals surface area contributed by atoms with Gasteiger partial charge >= 0.3 is 5.91 Å². The summed E-state index contributed by atoms with van der Waals surface area (Å²) < 4.78 is 18.4. The van der Waals surface area contributed by atoms with E-state index in [0.717, 1.165) is 22.3 Å². The number of aliphatic hydroxyl groups excluding tert-OH is 1. The monoisotopic (exact) mass is 775 g/mol. The maximum Gasteiger partial charge on any atom is 0.301 e. The highest BCUT2D eigenvalue weighted by Crippen LogP contribution is 2.46. The molecule has 6 aromatic rings. The van der Waals surface area contributed by atoms with Gasteiger partial charge in [-0.15, -0.1) is 10.2 Å². The predicted molar refractivity (Wildman–Crippen MR) is 211 cm³/mol. The van der Waals surface area contributed by atoms with Crippen LogP contribution >= 0.6 is 34.7 Å². The van der Waals surface area contributed by atoms with Crippen molar-refractivity contribution in [1.82, 2.24) is 10.2 Å². The van der Waals surface area contributed by atoms with Crippen LogP contribution in [-0.2, 0) is 28.6 Å². The Kier molecular flexibility index (Phi) is 11.3. The zero-order valence-corrected chi connectivity index (χ0v) is 31.7. The lowest BCUT2D eigenvalue weighted by Crippen LogP contribution is -2.29. The second-order valence-electron chi connectivity index (χ2n) is 12.3. The lowest BCUT2D eigenvalue weighted by Gasteiger charge is -2.23. The number of benzene rings is 5. The van der Waals surface area contributed by atoms with Crippen molar-refractivity contribution in [3.8, 4) is 17.2 Å². The average Bonchev–Trinajstić information content (AvgIpc) is 3.77. The number of carbonyl (C=O) groups is 2. The number of ketones is 1. The second-order valence-corrected chi connectivity index (χ2v) is 14.9. The van der Waals surface area contributed by atoms with Crippen molar-refractivity contribution in [3.05, 3.63) is 165 Å². The van der Waals surface area contributed by atoms with Gasteiger partial charge < -0.3 is 19.3 Å². The van der Waals surface area contributed by atoms with Gasteiger partial charge in [0.05, 0.1) is 18.7 Å². The Morgan fingerprint density at radius 3 is 2.30 bits per heavy atom. The molecule has 0 radical (unpaired) electrons. The number of aromatic nitrogens is 2. The summed E-state index contributed by atoms with van der Waals surface area (Å²) in [6.45, 7) is 2.70. The molecule has 272 valence electrons. The number of hydrogen-bond donors (Lipinski definition) is 1. The largest absolute Gasteiger partial charge is 0.507 e. The third-order valence-corrected chi connectivity index (χ3v) is 11.4. The number of amides is 1. The molecule has 1 unspecified atom stereocenters. The normalized spacial score (nSPS) is 15.0. The van der Waals surface area contributed by atoms with Crippen LogP contribution in [0.3, 0.4) is 0 Å². The molecule has 1 aliphatic heterocycles. The maximum atomic E-state index is 13.9. The topological polar surface area (TPSA) is 111 Å². The number of nitrogens with zero attached hydrogens (tertiary/aromatic N) is 3. The standard InChI is InChI=1S/C42H34ClN3O6S2/c1-26-10-6-7-13-30(26)24-51-32-19-16-28(17-20-32)38(47)36-37(29-18-21-34(35(22-29)50-2)52-23-27-11-4-3-5-12-27)46(40(49)39(36)48)41-44-45-42(54-41)53-25-31-14-8-9-15-33(31)43/h3-22,37,47H,23-25H2,1-2H3. The molecule has 5 aromatic carbocycles. The third kappa shape index (κ3) is 7.98. The molecule has 0 saturated carbocycles. The molecule has 1 N–H and O–H groups in total. The first kappa shape index (κ1) is 36.7. The highest BCUT2D eigenvalue weighted by atomic mass is 35.5. The number of aryl methyl sites for hydroxylation is 1. The van der Waals surface area contributed by atoms with Crippen LogP contribution in [0.15, 0.2) is 131 Å². The van der Waals surface area contributed by atoms with Crippen LogP contribution in [0.25, 0.3) is 5.76 Å². The lowest BCUT2D eigenvalue weighted by atomic mass is 9.95. The van der Waals surface area contributed by atoms with Gasteiger partial charge in [-0.05, 0) is 77.2 Å². The summed E-state index contributed by atoms with van der Waals surface area (Å²) in [6, 6.07) is 36.1. The van der Waals surface area contributed by atoms with Gasteiger partial charge in [-0.1, -0.05) is 114 Å². The molecule has 0 spiro atoms. The molecular weight excluding hydrogens is 742 g/mol. The van der Waals surface area contributed by atoms with E-state index < -0.39 is 17.7 Å². The molecular formula is C42H34ClN3O6S2. The van der Waals surface area contributed by atoms with Gasteiger partial charge in [0.15, 0.2) is 15.8 Å².